The van der Waals surface area contributed by atoms with Crippen LogP contribution in [0.25, 0.3) is 6.08 Å². The van der Waals surface area contributed by atoms with Crippen LogP contribution in [0.1, 0.15) is 15.2 Å². The van der Waals surface area contributed by atoms with Gasteiger partial charge in [0.05, 0.1) is 17.7 Å². The average Bonchev–Trinajstić information content (AvgIpc) is 3.00. The molecule has 2 aromatic rings. The van der Waals surface area contributed by atoms with Crippen LogP contribution in [-0.2, 0) is 9.53 Å². The number of anilines is 1. The number of nitrogens with one attached hydrogen (secondary N) is 1. The second kappa shape index (κ2) is 7.32. The number of carbonyl (C=O) groups is 2. The van der Waals surface area contributed by atoms with Crippen LogP contribution in [0.3, 0.4) is 0 Å². The molecule has 0 aliphatic rings. The molecule has 0 fully saturated rings. The van der Waals surface area contributed by atoms with Gasteiger partial charge in [-0.1, -0.05) is 0 Å². The summed E-state index contributed by atoms with van der Waals surface area (Å²) in [4.78, 5) is 33.7. The van der Waals surface area contributed by atoms with Gasteiger partial charge < -0.3 is 10.1 Å². The normalized spacial score (nSPS) is 10.5. The molecule has 0 bridgehead atoms. The topological polar surface area (TPSA) is 98.5 Å². The molecule has 0 aliphatic carbocycles. The zero-order valence-corrected chi connectivity index (χ0v) is 12.8. The number of nitro groups is 1. The summed E-state index contributed by atoms with van der Waals surface area (Å²) in [6.07, 6.45) is 2.79. The number of non-ortho nitro benzene ring substituents is 1. The van der Waals surface area contributed by atoms with E-state index in [0.717, 1.165) is 0 Å². The number of methoxy groups -OCH3 is 1. The van der Waals surface area contributed by atoms with Crippen molar-refractivity contribution < 1.29 is 19.2 Å². The fourth-order valence-electron chi connectivity index (χ4n) is 1.71. The van der Waals surface area contributed by atoms with E-state index < -0.39 is 16.8 Å². The lowest BCUT2D eigenvalue weighted by atomic mass is 10.2. The van der Waals surface area contributed by atoms with Crippen molar-refractivity contribution in [2.45, 2.75) is 0 Å². The van der Waals surface area contributed by atoms with E-state index in [9.17, 15) is 19.7 Å². The van der Waals surface area contributed by atoms with E-state index in [-0.39, 0.29) is 5.69 Å². The molecule has 8 heteroatoms. The van der Waals surface area contributed by atoms with Gasteiger partial charge in [-0.15, -0.1) is 11.3 Å². The summed E-state index contributed by atoms with van der Waals surface area (Å²) < 4.78 is 4.62. The van der Waals surface area contributed by atoms with E-state index in [4.69, 9.17) is 0 Å². The molecular weight excluding hydrogens is 320 g/mol. The number of esters is 1. The highest BCUT2D eigenvalue weighted by atomic mass is 32.1. The standard InChI is InChI=1S/C15H12N2O5S/c1-22-15(19)14-12(8-9-23-14)16-13(18)7-4-10-2-5-11(6-3-10)17(20)21/h2-9H,1H3,(H,16,18). The number of amides is 1. The Balaban J connectivity index is 2.03. The van der Waals surface area contributed by atoms with Gasteiger partial charge in [0.2, 0.25) is 5.91 Å². The first kappa shape index (κ1) is 16.4. The number of nitro benzene ring substituents is 1. The van der Waals surface area contributed by atoms with Gasteiger partial charge >= 0.3 is 5.97 Å². The van der Waals surface area contributed by atoms with Crippen molar-refractivity contribution >= 4 is 40.7 Å². The van der Waals surface area contributed by atoms with Gasteiger partial charge in [0.25, 0.3) is 5.69 Å². The van der Waals surface area contributed by atoms with Gasteiger partial charge in [0.15, 0.2) is 0 Å². The zero-order valence-electron chi connectivity index (χ0n) is 12.0. The smallest absolute Gasteiger partial charge is 0.350 e. The van der Waals surface area contributed by atoms with Crippen molar-refractivity contribution in [2.24, 2.45) is 0 Å². The fraction of sp³-hybridized carbons (Fsp3) is 0.0667. The molecule has 0 aliphatic heterocycles. The number of ether oxygens (including phenoxy) is 1. The van der Waals surface area contributed by atoms with Gasteiger partial charge in [-0.05, 0) is 35.2 Å². The maximum atomic E-state index is 11.9. The van der Waals surface area contributed by atoms with Crippen molar-refractivity contribution in [3.8, 4) is 0 Å². The van der Waals surface area contributed by atoms with Gasteiger partial charge in [-0.25, -0.2) is 4.79 Å². The molecule has 1 amide bonds. The first-order valence-corrected chi connectivity index (χ1v) is 7.28. The number of nitrogens with zero attached hydrogens (tertiary/aromatic N) is 1. The Morgan fingerprint density at radius 1 is 1.26 bits per heavy atom. The van der Waals surface area contributed by atoms with Gasteiger partial charge in [-0.2, -0.15) is 0 Å². The number of carbonyl (C=O) groups excluding carboxylic acids is 2. The number of rotatable bonds is 5. The molecule has 1 aromatic heterocycles. The molecule has 118 valence electrons. The molecule has 0 atom stereocenters. The molecule has 0 spiro atoms. The molecule has 0 radical (unpaired) electrons. The Kier molecular flexibility index (Phi) is 5.21. The van der Waals surface area contributed by atoms with E-state index in [0.29, 0.717) is 16.1 Å². The third kappa shape index (κ3) is 4.24. The lowest BCUT2D eigenvalue weighted by molar-refractivity contribution is -0.384. The molecule has 2 rings (SSSR count). The minimum Gasteiger partial charge on any atom is -0.465 e. The predicted octanol–water partition coefficient (Wildman–Crippen LogP) is 3.09. The zero-order chi connectivity index (χ0) is 16.8. The van der Waals surface area contributed by atoms with Gasteiger partial charge in [-0.3, -0.25) is 14.9 Å². The highest BCUT2D eigenvalue weighted by Crippen LogP contribution is 2.23. The summed E-state index contributed by atoms with van der Waals surface area (Å²) in [7, 11) is 1.27. The Hall–Kier alpha value is -3.00. The van der Waals surface area contributed by atoms with Crippen LogP contribution >= 0.6 is 11.3 Å². The summed E-state index contributed by atoms with van der Waals surface area (Å²) in [5, 5.41) is 14.8. The summed E-state index contributed by atoms with van der Waals surface area (Å²) in [6.45, 7) is 0. The van der Waals surface area contributed by atoms with E-state index in [1.165, 1.54) is 54.9 Å². The summed E-state index contributed by atoms with van der Waals surface area (Å²) in [5.74, 6) is -0.943. The summed E-state index contributed by atoms with van der Waals surface area (Å²) in [6, 6.07) is 7.38. The molecule has 1 N–H and O–H groups in total. The molecule has 1 heterocycles. The highest BCUT2D eigenvalue weighted by Gasteiger charge is 2.14. The molecule has 1 aromatic carbocycles. The highest BCUT2D eigenvalue weighted by molar-refractivity contribution is 7.12. The van der Waals surface area contributed by atoms with Crippen LogP contribution in [0.15, 0.2) is 41.8 Å². The Morgan fingerprint density at radius 2 is 1.96 bits per heavy atom. The van der Waals surface area contributed by atoms with Crippen molar-refractivity contribution in [3.63, 3.8) is 0 Å². The van der Waals surface area contributed by atoms with Crippen LogP contribution in [-0.4, -0.2) is 23.9 Å². The predicted molar refractivity (Wildman–Crippen MR) is 86.4 cm³/mol. The van der Waals surface area contributed by atoms with Crippen molar-refractivity contribution in [1.29, 1.82) is 0 Å². The molecule has 0 unspecified atom stereocenters. The monoisotopic (exact) mass is 332 g/mol. The van der Waals surface area contributed by atoms with Crippen LogP contribution in [0.2, 0.25) is 0 Å². The second-order valence-electron chi connectivity index (χ2n) is 4.33. The number of hydrogen-bond donors (Lipinski definition) is 1. The summed E-state index contributed by atoms with van der Waals surface area (Å²) >= 11 is 1.17. The van der Waals surface area contributed by atoms with Crippen LogP contribution in [0.5, 0.6) is 0 Å². The molecule has 7 nitrogen and oxygen atoms in total. The van der Waals surface area contributed by atoms with E-state index in [1.54, 1.807) is 11.4 Å². The van der Waals surface area contributed by atoms with Crippen molar-refractivity contribution in [2.75, 3.05) is 12.4 Å². The van der Waals surface area contributed by atoms with E-state index in [1.807, 2.05) is 0 Å². The average molecular weight is 332 g/mol. The van der Waals surface area contributed by atoms with Crippen LogP contribution in [0, 0.1) is 10.1 Å². The number of benzene rings is 1. The fourth-order valence-corrected chi connectivity index (χ4v) is 2.48. The minimum absolute atomic E-state index is 0.0207. The largest absolute Gasteiger partial charge is 0.465 e. The Bertz CT molecular complexity index is 764. The molecular formula is C15H12N2O5S. The maximum Gasteiger partial charge on any atom is 0.350 e. The van der Waals surface area contributed by atoms with E-state index in [2.05, 4.69) is 10.1 Å². The lowest BCUT2D eigenvalue weighted by Crippen LogP contribution is -2.10. The van der Waals surface area contributed by atoms with E-state index >= 15 is 0 Å². The summed E-state index contributed by atoms with van der Waals surface area (Å²) in [5.41, 5.74) is 0.997. The molecule has 0 saturated heterocycles. The lowest BCUT2D eigenvalue weighted by Gasteiger charge is -2.02. The number of hydrogen-bond acceptors (Lipinski definition) is 6. The Labute approximate surface area is 135 Å². The molecule has 23 heavy (non-hydrogen) atoms. The quantitative estimate of drug-likeness (QED) is 0.392. The second-order valence-corrected chi connectivity index (χ2v) is 5.24. The SMILES string of the molecule is COC(=O)c1sccc1NC(=O)C=Cc1ccc([N+](=O)[O-])cc1. The number of thiophene rings is 1. The third-order valence-corrected chi connectivity index (χ3v) is 3.72. The minimum atomic E-state index is -0.519. The van der Waals surface area contributed by atoms with Crippen LogP contribution in [0.4, 0.5) is 11.4 Å². The van der Waals surface area contributed by atoms with Gasteiger partial charge in [0, 0.05) is 18.2 Å². The third-order valence-electron chi connectivity index (χ3n) is 2.82. The Morgan fingerprint density at radius 3 is 2.57 bits per heavy atom. The first-order chi connectivity index (χ1) is 11.0. The molecule has 0 saturated carbocycles. The maximum absolute atomic E-state index is 11.9. The first-order valence-electron chi connectivity index (χ1n) is 6.40. The van der Waals surface area contributed by atoms with Gasteiger partial charge in [0.1, 0.15) is 4.88 Å². The van der Waals surface area contributed by atoms with Crippen molar-refractivity contribution in [3.05, 3.63) is 62.3 Å². The van der Waals surface area contributed by atoms with Crippen molar-refractivity contribution in [1.82, 2.24) is 0 Å². The van der Waals surface area contributed by atoms with Crippen LogP contribution < -0.4 is 5.32 Å².